The third-order valence-corrected chi connectivity index (χ3v) is 9.10. The molecule has 0 spiro atoms. The molecule has 0 aliphatic rings. The molecule has 2 aromatic carbocycles. The number of aliphatic hydroxyl groups excluding tert-OH is 1. The van der Waals surface area contributed by atoms with Crippen LogP contribution in [0.3, 0.4) is 0 Å². The first kappa shape index (κ1) is 36.0. The zero-order valence-electron chi connectivity index (χ0n) is 26.1. The van der Waals surface area contributed by atoms with E-state index >= 15 is 0 Å². The van der Waals surface area contributed by atoms with Gasteiger partial charge < -0.3 is 20.0 Å². The fourth-order valence-electron chi connectivity index (χ4n) is 4.56. The summed E-state index contributed by atoms with van der Waals surface area (Å²) in [5, 5.41) is 17.7. The predicted octanol–water partition coefficient (Wildman–Crippen LogP) is 6.85. The lowest BCUT2D eigenvalue weighted by Gasteiger charge is -2.28. The number of benzene rings is 2. The maximum absolute atomic E-state index is 13.8. The minimum absolute atomic E-state index is 0.171. The number of nitrogens with one attached hydrogen (secondary N) is 2. The van der Waals surface area contributed by atoms with Crippen LogP contribution in [0.4, 0.5) is 5.69 Å². The molecule has 0 bridgehead atoms. The maximum atomic E-state index is 13.8. The van der Waals surface area contributed by atoms with E-state index in [0.29, 0.717) is 24.6 Å². The molecule has 7 heteroatoms. The summed E-state index contributed by atoms with van der Waals surface area (Å²) < 4.78 is 2.22. The summed E-state index contributed by atoms with van der Waals surface area (Å²) in [4.78, 5) is 13.8. The van der Waals surface area contributed by atoms with E-state index in [4.69, 9.17) is 0 Å². The van der Waals surface area contributed by atoms with Crippen LogP contribution < -0.4 is 14.9 Å². The van der Waals surface area contributed by atoms with Gasteiger partial charge in [0, 0.05) is 31.0 Å². The van der Waals surface area contributed by atoms with Crippen LogP contribution in [-0.2, 0) is 6.42 Å². The van der Waals surface area contributed by atoms with Gasteiger partial charge in [0.05, 0.1) is 17.8 Å². The fraction of sp³-hybridized carbons (Fsp3) is 0.515. The van der Waals surface area contributed by atoms with E-state index < -0.39 is 12.1 Å². The lowest BCUT2D eigenvalue weighted by atomic mass is 9.94. The van der Waals surface area contributed by atoms with Crippen molar-refractivity contribution in [3.8, 4) is 0 Å². The molecule has 5 atom stereocenters. The summed E-state index contributed by atoms with van der Waals surface area (Å²) in [6.07, 6.45) is 4.87. The SMILES string of the molecule is C=S(CCC)N(C)c1cc(C(=O)NC(Cc2ccccc2)C(O)CNC(C)CC)cc(/C(=C\C)CC)c1C.CP. The average molecular weight is 588 g/mol. The van der Waals surface area contributed by atoms with Gasteiger partial charge in [0.1, 0.15) is 0 Å². The Balaban J connectivity index is 0.00000391. The standard InChI is InChI=1S/C32H49N3O2S.CH5P/c1-9-18-38(8)35(7)30-21-27(20-28(24(30)6)26(11-3)12-4)32(37)34-29(19-25-16-14-13-15-17-25)31(36)22-33-23(5)10-2;1-2/h11,13-17,20-21,23,29,31,33,36H,8-10,12,18-19,22H2,1-7H3,(H,34,37);2H2,1H3/b26-11-;. The topological polar surface area (TPSA) is 64.6 Å². The van der Waals surface area contributed by atoms with Crippen molar-refractivity contribution in [1.82, 2.24) is 10.6 Å². The van der Waals surface area contributed by atoms with Crippen LogP contribution in [0.2, 0.25) is 0 Å². The van der Waals surface area contributed by atoms with Crippen molar-refractivity contribution in [3.63, 3.8) is 0 Å². The third-order valence-electron chi connectivity index (χ3n) is 7.25. The Morgan fingerprint density at radius 2 is 1.82 bits per heavy atom. The van der Waals surface area contributed by atoms with Gasteiger partial charge in [0.2, 0.25) is 0 Å². The number of amides is 1. The Kier molecular flexibility index (Phi) is 17.3. The van der Waals surface area contributed by atoms with Crippen LogP contribution in [0.15, 0.2) is 48.5 Å². The first-order valence-corrected chi connectivity index (χ1v) is 17.2. The number of carbonyl (C=O) groups is 1. The largest absolute Gasteiger partial charge is 0.390 e. The van der Waals surface area contributed by atoms with Crippen molar-refractivity contribution in [1.29, 1.82) is 0 Å². The van der Waals surface area contributed by atoms with Gasteiger partial charge in [-0.2, -0.15) is 0 Å². The molecule has 0 aromatic heterocycles. The summed E-state index contributed by atoms with van der Waals surface area (Å²) in [6, 6.07) is 13.9. The van der Waals surface area contributed by atoms with Crippen molar-refractivity contribution in [3.05, 3.63) is 70.8 Å². The van der Waals surface area contributed by atoms with E-state index in [2.05, 4.69) is 77.8 Å². The Labute approximate surface area is 249 Å². The van der Waals surface area contributed by atoms with Gasteiger partial charge in [-0.15, -0.1) is 19.9 Å². The number of allylic oxidation sites excluding steroid dienone is 2. The molecular weight excluding hydrogens is 533 g/mol. The molecule has 3 N–H and O–H groups in total. The second kappa shape index (κ2) is 19.2. The van der Waals surface area contributed by atoms with Crippen molar-refractivity contribution in [2.75, 3.05) is 30.3 Å². The van der Waals surface area contributed by atoms with Gasteiger partial charge in [-0.05, 0) is 80.9 Å². The second-order valence-electron chi connectivity index (χ2n) is 10.1. The lowest BCUT2D eigenvalue weighted by Crippen LogP contribution is -2.49. The Morgan fingerprint density at radius 1 is 1.18 bits per heavy atom. The van der Waals surface area contributed by atoms with Gasteiger partial charge in [-0.1, -0.05) is 69.7 Å². The van der Waals surface area contributed by atoms with E-state index in [0.717, 1.165) is 47.4 Å². The minimum atomic E-state index is -0.725. The predicted molar refractivity (Wildman–Crippen MR) is 184 cm³/mol. The molecular formula is C33H54N3O2PS. The average Bonchev–Trinajstić information content (AvgIpc) is 2.97. The molecule has 0 fully saturated rings. The van der Waals surface area contributed by atoms with E-state index in [1.165, 1.54) is 5.57 Å². The van der Waals surface area contributed by atoms with Gasteiger partial charge in [0.25, 0.3) is 5.91 Å². The van der Waals surface area contributed by atoms with Gasteiger partial charge in [0.15, 0.2) is 0 Å². The summed E-state index contributed by atoms with van der Waals surface area (Å²) in [5.41, 5.74) is 6.18. The summed E-state index contributed by atoms with van der Waals surface area (Å²) in [6.45, 7) is 15.0. The van der Waals surface area contributed by atoms with Gasteiger partial charge >= 0.3 is 0 Å². The van der Waals surface area contributed by atoms with Crippen molar-refractivity contribution in [2.24, 2.45) is 0 Å². The Bertz CT molecular complexity index is 1090. The molecule has 1 amide bonds. The molecule has 2 rings (SSSR count). The smallest absolute Gasteiger partial charge is 0.251 e. The number of rotatable bonds is 15. The summed E-state index contributed by atoms with van der Waals surface area (Å²) in [5.74, 6) is 5.22. The van der Waals surface area contributed by atoms with Crippen LogP contribution in [0.1, 0.15) is 80.9 Å². The summed E-state index contributed by atoms with van der Waals surface area (Å²) in [7, 11) is 4.30. The number of hydrogen-bond donors (Lipinski definition) is 3. The van der Waals surface area contributed by atoms with Crippen LogP contribution in [0.25, 0.3) is 5.57 Å². The highest BCUT2D eigenvalue weighted by atomic mass is 32.2. The van der Waals surface area contributed by atoms with E-state index in [9.17, 15) is 9.90 Å². The Hall–Kier alpha value is -1.98. The molecule has 224 valence electrons. The molecule has 0 heterocycles. The van der Waals surface area contributed by atoms with E-state index in [1.807, 2.05) is 56.1 Å². The number of aliphatic hydroxyl groups is 1. The number of hydrogen-bond acceptors (Lipinski definition) is 4. The maximum Gasteiger partial charge on any atom is 0.251 e. The molecule has 0 radical (unpaired) electrons. The monoisotopic (exact) mass is 587 g/mol. The number of nitrogens with zero attached hydrogens (tertiary/aromatic N) is 1. The van der Waals surface area contributed by atoms with Crippen molar-refractivity contribution in [2.45, 2.75) is 85.4 Å². The highest BCUT2D eigenvalue weighted by Gasteiger charge is 2.24. The quantitative estimate of drug-likeness (QED) is 0.158. The zero-order chi connectivity index (χ0) is 30.2. The number of anilines is 1. The third kappa shape index (κ3) is 10.8. The number of carbonyl (C=O) groups excluding carboxylic acids is 1. The molecule has 5 unspecified atom stereocenters. The summed E-state index contributed by atoms with van der Waals surface area (Å²) >= 11 is 0. The van der Waals surface area contributed by atoms with Crippen molar-refractivity contribution < 1.29 is 9.90 Å². The normalized spacial score (nSPS) is 14.4. The molecule has 2 aromatic rings. The highest BCUT2D eigenvalue weighted by molar-refractivity contribution is 8.15. The minimum Gasteiger partial charge on any atom is -0.390 e. The van der Waals surface area contributed by atoms with E-state index in [-0.39, 0.29) is 16.6 Å². The van der Waals surface area contributed by atoms with Gasteiger partial charge in [-0.25, -0.2) is 0 Å². The van der Waals surface area contributed by atoms with Crippen LogP contribution >= 0.6 is 19.9 Å². The second-order valence-corrected chi connectivity index (χ2v) is 11.9. The molecule has 0 aliphatic heterocycles. The van der Waals surface area contributed by atoms with Crippen LogP contribution in [0, 0.1) is 6.92 Å². The fourth-order valence-corrected chi connectivity index (χ4v) is 5.78. The van der Waals surface area contributed by atoms with Crippen LogP contribution in [-0.4, -0.2) is 61.1 Å². The van der Waals surface area contributed by atoms with Gasteiger partial charge in [-0.3, -0.25) is 4.79 Å². The van der Waals surface area contributed by atoms with Crippen molar-refractivity contribution >= 4 is 42.9 Å². The lowest BCUT2D eigenvalue weighted by molar-refractivity contribution is 0.0825. The molecule has 0 saturated carbocycles. The molecule has 40 heavy (non-hydrogen) atoms. The molecule has 5 nitrogen and oxygen atoms in total. The molecule has 0 aliphatic carbocycles. The Morgan fingerprint density at radius 3 is 2.38 bits per heavy atom. The first-order valence-electron chi connectivity index (χ1n) is 14.5. The zero-order valence-corrected chi connectivity index (χ0v) is 28.1. The van der Waals surface area contributed by atoms with E-state index in [1.54, 1.807) is 0 Å². The first-order chi connectivity index (χ1) is 19.2. The van der Waals surface area contributed by atoms with Crippen LogP contribution in [0.5, 0.6) is 0 Å². The molecule has 0 saturated heterocycles. The highest BCUT2D eigenvalue weighted by Crippen LogP contribution is 2.35.